The number of piperidine rings is 1. The van der Waals surface area contributed by atoms with Crippen molar-refractivity contribution in [2.45, 2.75) is 53.4 Å². The van der Waals surface area contributed by atoms with Gasteiger partial charge in [0, 0.05) is 61.2 Å². The largest absolute Gasteiger partial charge is 0.371 e. The van der Waals surface area contributed by atoms with Crippen LogP contribution in [0.2, 0.25) is 0 Å². The number of aromatic nitrogens is 2. The van der Waals surface area contributed by atoms with E-state index in [9.17, 15) is 8.78 Å². The van der Waals surface area contributed by atoms with Crippen LogP contribution >= 0.6 is 0 Å². The van der Waals surface area contributed by atoms with E-state index < -0.39 is 5.92 Å². The molecule has 0 spiro atoms. The van der Waals surface area contributed by atoms with Crippen LogP contribution in [0.1, 0.15) is 53.0 Å². The van der Waals surface area contributed by atoms with Crippen LogP contribution in [0.5, 0.6) is 0 Å². The molecule has 0 saturated carbocycles. The molecule has 1 saturated heterocycles. The standard InChI is InChI=1S/C20H22F2N4.2C2H6/c1-4-18(14-23-5-2)26-9-6-16-12-17(13-24-19(16)26)15(3)25-10-7-20(21,22)8-11-25;2*1-2/h4-6,9,12-14H,2-3,7-8,10-11H2,1H3;2*1-2H3/b18-4+,23-14?;;. The van der Waals surface area contributed by atoms with E-state index in [-0.39, 0.29) is 12.8 Å². The van der Waals surface area contributed by atoms with Crippen LogP contribution in [0.25, 0.3) is 22.4 Å². The zero-order chi connectivity index (χ0) is 22.7. The molecule has 3 heterocycles. The summed E-state index contributed by atoms with van der Waals surface area (Å²) in [5.74, 6) is -2.56. The van der Waals surface area contributed by atoms with Crippen molar-refractivity contribution in [3.05, 3.63) is 55.5 Å². The van der Waals surface area contributed by atoms with Gasteiger partial charge in [0.2, 0.25) is 0 Å². The summed E-state index contributed by atoms with van der Waals surface area (Å²) in [5, 5.41) is 0.956. The topological polar surface area (TPSA) is 33.4 Å². The van der Waals surface area contributed by atoms with Gasteiger partial charge in [-0.1, -0.05) is 46.9 Å². The van der Waals surface area contributed by atoms with Gasteiger partial charge < -0.3 is 9.47 Å². The number of nitrogens with zero attached hydrogens (tertiary/aromatic N) is 4. The van der Waals surface area contributed by atoms with Crippen molar-refractivity contribution in [2.24, 2.45) is 4.99 Å². The Morgan fingerprint density at radius 2 is 1.83 bits per heavy atom. The molecule has 30 heavy (non-hydrogen) atoms. The highest BCUT2D eigenvalue weighted by Gasteiger charge is 2.34. The molecule has 0 bridgehead atoms. The zero-order valence-corrected chi connectivity index (χ0v) is 18.8. The minimum atomic E-state index is -2.56. The maximum Gasteiger partial charge on any atom is 0.251 e. The van der Waals surface area contributed by atoms with Gasteiger partial charge in [0.15, 0.2) is 0 Å². The number of halogens is 2. The molecular weight excluding hydrogens is 382 g/mol. The first-order valence-electron chi connectivity index (χ1n) is 10.5. The van der Waals surface area contributed by atoms with Gasteiger partial charge in [-0.2, -0.15) is 0 Å². The van der Waals surface area contributed by atoms with Crippen molar-refractivity contribution in [3.63, 3.8) is 0 Å². The van der Waals surface area contributed by atoms with E-state index in [1.807, 2.05) is 68.5 Å². The summed E-state index contributed by atoms with van der Waals surface area (Å²) in [5.41, 5.74) is 3.27. The lowest BCUT2D eigenvalue weighted by atomic mass is 10.0. The second kappa shape index (κ2) is 12.1. The summed E-state index contributed by atoms with van der Waals surface area (Å²) >= 11 is 0. The minimum absolute atomic E-state index is 0.134. The molecule has 164 valence electrons. The van der Waals surface area contributed by atoms with Crippen LogP contribution in [0.3, 0.4) is 0 Å². The monoisotopic (exact) mass is 416 g/mol. The first kappa shape index (κ1) is 25.3. The molecule has 1 aliphatic heterocycles. The molecule has 4 nitrogen and oxygen atoms in total. The number of hydrogen-bond acceptors (Lipinski definition) is 3. The van der Waals surface area contributed by atoms with Gasteiger partial charge in [-0.3, -0.25) is 4.99 Å². The first-order valence-corrected chi connectivity index (χ1v) is 10.5. The molecule has 3 rings (SSSR count). The molecule has 1 aliphatic rings. The first-order chi connectivity index (χ1) is 14.4. The van der Waals surface area contributed by atoms with Crippen LogP contribution in [0.15, 0.2) is 55.0 Å². The predicted molar refractivity (Wildman–Crippen MR) is 126 cm³/mol. The van der Waals surface area contributed by atoms with Gasteiger partial charge >= 0.3 is 0 Å². The molecule has 0 amide bonds. The number of allylic oxidation sites excluding steroid dienone is 2. The molecule has 0 aliphatic carbocycles. The Hall–Kier alpha value is -2.76. The normalized spacial score (nSPS) is 15.8. The van der Waals surface area contributed by atoms with E-state index in [2.05, 4.69) is 23.1 Å². The Balaban J connectivity index is 0.00000106. The van der Waals surface area contributed by atoms with Crippen molar-refractivity contribution in [2.75, 3.05) is 13.1 Å². The number of pyridine rings is 1. The fraction of sp³-hybridized carbons (Fsp3) is 0.417. The summed E-state index contributed by atoms with van der Waals surface area (Å²) < 4.78 is 28.7. The summed E-state index contributed by atoms with van der Waals surface area (Å²) in [6, 6.07) is 3.96. The fourth-order valence-corrected chi connectivity index (χ4v) is 3.08. The van der Waals surface area contributed by atoms with Crippen molar-refractivity contribution < 1.29 is 8.78 Å². The highest BCUT2D eigenvalue weighted by molar-refractivity contribution is 6.04. The molecule has 0 atom stereocenters. The number of rotatable bonds is 5. The Kier molecular flexibility index (Phi) is 10.2. The van der Waals surface area contributed by atoms with Gasteiger partial charge in [-0.25, -0.2) is 13.8 Å². The highest BCUT2D eigenvalue weighted by Crippen LogP contribution is 2.32. The third-order valence-corrected chi connectivity index (χ3v) is 4.62. The van der Waals surface area contributed by atoms with E-state index in [1.54, 1.807) is 12.4 Å². The summed E-state index contributed by atoms with van der Waals surface area (Å²) in [7, 11) is 0. The molecule has 0 aromatic carbocycles. The lowest BCUT2D eigenvalue weighted by Gasteiger charge is -2.34. The zero-order valence-electron chi connectivity index (χ0n) is 18.8. The van der Waals surface area contributed by atoms with Crippen LogP contribution in [0, 0.1) is 0 Å². The van der Waals surface area contributed by atoms with Gasteiger partial charge in [0.25, 0.3) is 5.92 Å². The third-order valence-electron chi connectivity index (χ3n) is 4.62. The summed E-state index contributed by atoms with van der Waals surface area (Å²) in [4.78, 5) is 10.5. The molecule has 0 radical (unpaired) electrons. The average molecular weight is 417 g/mol. The van der Waals surface area contributed by atoms with Crippen molar-refractivity contribution in [3.8, 4) is 0 Å². The minimum Gasteiger partial charge on any atom is -0.371 e. The number of hydrogen-bond donors (Lipinski definition) is 0. The second-order valence-corrected chi connectivity index (χ2v) is 6.29. The molecule has 0 N–H and O–H groups in total. The second-order valence-electron chi connectivity index (χ2n) is 6.29. The fourth-order valence-electron chi connectivity index (χ4n) is 3.08. The van der Waals surface area contributed by atoms with Gasteiger partial charge in [0.1, 0.15) is 5.65 Å². The van der Waals surface area contributed by atoms with Crippen LogP contribution in [-0.4, -0.2) is 39.7 Å². The lowest BCUT2D eigenvalue weighted by Crippen LogP contribution is -2.38. The molecular formula is C24H34F2N4. The van der Waals surface area contributed by atoms with E-state index in [0.29, 0.717) is 13.1 Å². The van der Waals surface area contributed by atoms with E-state index in [1.165, 1.54) is 6.20 Å². The van der Waals surface area contributed by atoms with Crippen molar-refractivity contribution in [1.29, 1.82) is 0 Å². The van der Waals surface area contributed by atoms with E-state index in [0.717, 1.165) is 28.0 Å². The quantitative estimate of drug-likeness (QED) is 0.499. The smallest absolute Gasteiger partial charge is 0.251 e. The molecule has 1 fully saturated rings. The number of aliphatic imine (C=N–C) groups is 1. The summed E-state index contributed by atoms with van der Waals surface area (Å²) in [6.07, 6.45) is 8.54. The van der Waals surface area contributed by atoms with Gasteiger partial charge in [-0.05, 0) is 19.1 Å². The Morgan fingerprint density at radius 3 is 2.40 bits per heavy atom. The van der Waals surface area contributed by atoms with Gasteiger partial charge in [-0.15, -0.1) is 0 Å². The van der Waals surface area contributed by atoms with Crippen LogP contribution < -0.4 is 0 Å². The third kappa shape index (κ3) is 6.12. The molecule has 6 heteroatoms. The molecule has 2 aromatic rings. The van der Waals surface area contributed by atoms with E-state index in [4.69, 9.17) is 0 Å². The Morgan fingerprint density at radius 1 is 1.20 bits per heavy atom. The number of likely N-dealkylation sites (tertiary alicyclic amines) is 1. The lowest BCUT2D eigenvalue weighted by molar-refractivity contribution is -0.0450. The Labute approximate surface area is 179 Å². The predicted octanol–water partition coefficient (Wildman–Crippen LogP) is 6.87. The SMILES string of the molecule is C=CN=C/C(=C\C)n1ccc2cc(C(=C)N3CCC(F)(F)CC3)cnc21.CC.CC. The Bertz CT molecular complexity index is 884. The molecule has 2 aromatic heterocycles. The highest BCUT2D eigenvalue weighted by atomic mass is 19.3. The summed E-state index contributed by atoms with van der Waals surface area (Å²) in [6.45, 7) is 18.2. The average Bonchev–Trinajstić information content (AvgIpc) is 3.20. The van der Waals surface area contributed by atoms with Crippen molar-refractivity contribution in [1.82, 2.24) is 14.5 Å². The molecule has 0 unspecified atom stereocenters. The van der Waals surface area contributed by atoms with Crippen LogP contribution in [0.4, 0.5) is 8.78 Å². The maximum atomic E-state index is 13.4. The van der Waals surface area contributed by atoms with Gasteiger partial charge in [0.05, 0.1) is 11.9 Å². The van der Waals surface area contributed by atoms with E-state index >= 15 is 0 Å². The number of fused-ring (bicyclic) bond motifs is 1. The van der Waals surface area contributed by atoms with Crippen LogP contribution in [-0.2, 0) is 0 Å². The van der Waals surface area contributed by atoms with Crippen molar-refractivity contribution >= 4 is 28.6 Å². The number of alkyl halides is 2. The maximum absolute atomic E-state index is 13.4.